The molecule has 0 spiro atoms. The Bertz CT molecular complexity index is 1180. The third-order valence-electron chi connectivity index (χ3n) is 4.41. The van der Waals surface area contributed by atoms with Crippen molar-refractivity contribution in [2.24, 2.45) is 0 Å². The van der Waals surface area contributed by atoms with Crippen LogP contribution < -0.4 is 9.47 Å². The Hall–Kier alpha value is -3.47. The van der Waals surface area contributed by atoms with Crippen molar-refractivity contribution in [2.75, 3.05) is 0 Å². The molecule has 0 aliphatic heterocycles. The van der Waals surface area contributed by atoms with E-state index in [4.69, 9.17) is 9.47 Å². The molecule has 0 radical (unpaired) electrons. The molecular weight excluding hydrogens is 424 g/mol. The van der Waals surface area contributed by atoms with E-state index in [-0.39, 0.29) is 27.7 Å². The molecular formula is C20H22N4O6S. The topological polar surface area (TPSA) is 144 Å². The highest BCUT2D eigenvalue weighted by atomic mass is 32.2. The number of ketones is 1. The summed E-state index contributed by atoms with van der Waals surface area (Å²) in [6.07, 6.45) is 0.282. The largest absolute Gasteiger partial charge is 0.507 e. The third-order valence-corrected chi connectivity index (χ3v) is 5.98. The Labute approximate surface area is 179 Å². The number of ether oxygens (including phenoxy) is 2. The molecule has 1 atom stereocenters. The summed E-state index contributed by atoms with van der Waals surface area (Å²) in [4.78, 5) is 11.6. The van der Waals surface area contributed by atoms with E-state index in [1.165, 1.54) is 25.1 Å². The standard InChI is InChI=1S/C20H22N4O6S/c1-4-7-15-16(11-10-14(12(2)25)19(15)26)29-13(3)30-17-8-5-6-9-18(17)31(27,28)20-21-23-24-22-20/h5-6,8-11,13,26H,4,7H2,1-3H3,(H,21,22,23,24). The number of H-pyrrole nitrogens is 1. The Morgan fingerprint density at radius 3 is 2.52 bits per heavy atom. The lowest BCUT2D eigenvalue weighted by molar-refractivity contribution is 0.0190. The molecule has 1 unspecified atom stereocenters. The zero-order valence-electron chi connectivity index (χ0n) is 17.2. The summed E-state index contributed by atoms with van der Waals surface area (Å²) in [5.41, 5.74) is 0.694. The normalized spacial score (nSPS) is 12.4. The van der Waals surface area contributed by atoms with Gasteiger partial charge in [0.1, 0.15) is 22.1 Å². The summed E-state index contributed by atoms with van der Waals surface area (Å²) in [6.45, 7) is 4.89. The Morgan fingerprint density at radius 1 is 1.16 bits per heavy atom. The van der Waals surface area contributed by atoms with Gasteiger partial charge in [-0.1, -0.05) is 30.6 Å². The first kappa shape index (κ1) is 22.2. The van der Waals surface area contributed by atoms with Crippen LogP contribution in [0.15, 0.2) is 46.5 Å². The molecule has 0 aliphatic rings. The second-order valence-electron chi connectivity index (χ2n) is 6.69. The summed E-state index contributed by atoms with van der Waals surface area (Å²) >= 11 is 0. The molecule has 1 aromatic heterocycles. The number of phenols is 1. The fourth-order valence-electron chi connectivity index (χ4n) is 3.02. The molecule has 3 aromatic rings. The minimum atomic E-state index is -4.06. The summed E-state index contributed by atoms with van der Waals surface area (Å²) in [7, 11) is -4.06. The molecule has 164 valence electrons. The van der Waals surface area contributed by atoms with E-state index in [1.807, 2.05) is 6.92 Å². The number of para-hydroxylation sites is 1. The van der Waals surface area contributed by atoms with Crippen LogP contribution in [-0.2, 0) is 16.3 Å². The molecule has 0 amide bonds. The molecule has 0 saturated heterocycles. The maximum Gasteiger partial charge on any atom is 0.293 e. The number of benzene rings is 2. The van der Waals surface area contributed by atoms with E-state index < -0.39 is 21.3 Å². The summed E-state index contributed by atoms with van der Waals surface area (Å²) in [5, 5.41) is 22.5. The van der Waals surface area contributed by atoms with Crippen molar-refractivity contribution in [3.8, 4) is 17.2 Å². The average Bonchev–Trinajstić information content (AvgIpc) is 3.26. The number of phenolic OH excluding ortho intramolecular Hbond substituents is 1. The van der Waals surface area contributed by atoms with Crippen LogP contribution in [0.5, 0.6) is 17.2 Å². The van der Waals surface area contributed by atoms with Crippen molar-refractivity contribution in [1.82, 2.24) is 20.6 Å². The zero-order valence-corrected chi connectivity index (χ0v) is 18.0. The molecule has 0 fully saturated rings. The molecule has 2 aromatic carbocycles. The molecule has 2 N–H and O–H groups in total. The van der Waals surface area contributed by atoms with Crippen LogP contribution in [0.25, 0.3) is 0 Å². The highest BCUT2D eigenvalue weighted by Crippen LogP contribution is 2.34. The molecule has 0 saturated carbocycles. The summed E-state index contributed by atoms with van der Waals surface area (Å²) < 4.78 is 37.1. The number of aromatic nitrogens is 4. The fraction of sp³-hybridized carbons (Fsp3) is 0.300. The molecule has 0 bridgehead atoms. The lowest BCUT2D eigenvalue weighted by Gasteiger charge is -2.21. The number of rotatable bonds is 9. The monoisotopic (exact) mass is 446 g/mol. The van der Waals surface area contributed by atoms with Crippen LogP contribution >= 0.6 is 0 Å². The van der Waals surface area contributed by atoms with Gasteiger partial charge in [-0.05, 0) is 42.8 Å². The van der Waals surface area contributed by atoms with Crippen molar-refractivity contribution in [3.05, 3.63) is 47.5 Å². The van der Waals surface area contributed by atoms with Gasteiger partial charge in [0.05, 0.1) is 5.56 Å². The molecule has 10 nitrogen and oxygen atoms in total. The van der Waals surface area contributed by atoms with E-state index in [0.29, 0.717) is 24.2 Å². The van der Waals surface area contributed by atoms with Gasteiger partial charge in [-0.2, -0.15) is 5.21 Å². The number of aromatic hydroxyl groups is 1. The number of aromatic amines is 1. The van der Waals surface area contributed by atoms with Crippen LogP contribution in [0.1, 0.15) is 43.1 Å². The maximum absolute atomic E-state index is 12.8. The van der Waals surface area contributed by atoms with E-state index in [9.17, 15) is 18.3 Å². The van der Waals surface area contributed by atoms with Crippen LogP contribution in [0.4, 0.5) is 0 Å². The van der Waals surface area contributed by atoms with E-state index in [2.05, 4.69) is 20.6 Å². The van der Waals surface area contributed by atoms with Crippen molar-refractivity contribution < 1.29 is 27.8 Å². The van der Waals surface area contributed by atoms with Gasteiger partial charge in [0.15, 0.2) is 5.78 Å². The second kappa shape index (κ2) is 9.13. The number of carbonyl (C=O) groups is 1. The molecule has 3 rings (SSSR count). The minimum Gasteiger partial charge on any atom is -0.507 e. The van der Waals surface area contributed by atoms with Crippen LogP contribution in [0.2, 0.25) is 0 Å². The number of nitrogens with zero attached hydrogens (tertiary/aromatic N) is 3. The van der Waals surface area contributed by atoms with E-state index in [1.54, 1.807) is 25.1 Å². The predicted molar refractivity (Wildman–Crippen MR) is 109 cm³/mol. The number of sulfone groups is 1. The smallest absolute Gasteiger partial charge is 0.293 e. The highest BCUT2D eigenvalue weighted by Gasteiger charge is 2.27. The second-order valence-corrected chi connectivity index (χ2v) is 8.50. The Balaban J connectivity index is 1.88. The van der Waals surface area contributed by atoms with Gasteiger partial charge in [-0.15, -0.1) is 5.10 Å². The van der Waals surface area contributed by atoms with Gasteiger partial charge < -0.3 is 14.6 Å². The van der Waals surface area contributed by atoms with Gasteiger partial charge in [0.2, 0.25) is 16.1 Å². The minimum absolute atomic E-state index is 0.0430. The Morgan fingerprint density at radius 2 is 1.87 bits per heavy atom. The third kappa shape index (κ3) is 4.66. The first-order valence-electron chi connectivity index (χ1n) is 9.52. The predicted octanol–water partition coefficient (Wildman–Crippen LogP) is 2.70. The first-order valence-corrected chi connectivity index (χ1v) is 11.0. The van der Waals surface area contributed by atoms with E-state index >= 15 is 0 Å². The number of hydrogen-bond acceptors (Lipinski definition) is 9. The van der Waals surface area contributed by atoms with Gasteiger partial charge in [0, 0.05) is 12.5 Å². The summed E-state index contributed by atoms with van der Waals surface area (Å²) in [5.74, 6) is 0.00205. The quantitative estimate of drug-likeness (QED) is 0.374. The SMILES string of the molecule is CCCc1c(OC(C)Oc2ccccc2S(=O)(=O)c2nn[nH]n2)ccc(C(C)=O)c1O. The highest BCUT2D eigenvalue weighted by molar-refractivity contribution is 7.91. The lowest BCUT2D eigenvalue weighted by Crippen LogP contribution is -2.22. The van der Waals surface area contributed by atoms with Gasteiger partial charge in [-0.25, -0.2) is 8.42 Å². The maximum atomic E-state index is 12.8. The average molecular weight is 446 g/mol. The number of carbonyl (C=O) groups excluding carboxylic acids is 1. The van der Waals surface area contributed by atoms with Gasteiger partial charge >= 0.3 is 0 Å². The number of Topliss-reactive ketones (excluding diaryl/α,β-unsaturated/α-hetero) is 1. The van der Waals surface area contributed by atoms with Crippen molar-refractivity contribution in [1.29, 1.82) is 0 Å². The van der Waals surface area contributed by atoms with Gasteiger partial charge in [0.25, 0.3) is 5.16 Å². The zero-order chi connectivity index (χ0) is 22.6. The van der Waals surface area contributed by atoms with Crippen molar-refractivity contribution in [2.45, 2.75) is 50.0 Å². The molecule has 31 heavy (non-hydrogen) atoms. The lowest BCUT2D eigenvalue weighted by atomic mass is 10.0. The summed E-state index contributed by atoms with van der Waals surface area (Å²) in [6, 6.07) is 9.08. The number of nitrogens with one attached hydrogen (secondary N) is 1. The van der Waals surface area contributed by atoms with Crippen LogP contribution in [0.3, 0.4) is 0 Å². The first-order chi connectivity index (χ1) is 14.8. The molecule has 11 heteroatoms. The van der Waals surface area contributed by atoms with E-state index in [0.717, 1.165) is 0 Å². The molecule has 0 aliphatic carbocycles. The molecule has 1 heterocycles. The van der Waals surface area contributed by atoms with Crippen molar-refractivity contribution >= 4 is 15.6 Å². The Kier molecular flexibility index (Phi) is 6.54. The number of tetrazole rings is 1. The number of hydrogen-bond donors (Lipinski definition) is 2. The van der Waals surface area contributed by atoms with Crippen molar-refractivity contribution in [3.63, 3.8) is 0 Å². The van der Waals surface area contributed by atoms with Gasteiger partial charge in [-0.3, -0.25) is 4.79 Å². The van der Waals surface area contributed by atoms with Crippen LogP contribution in [0, 0.1) is 0 Å². The van der Waals surface area contributed by atoms with Crippen LogP contribution in [-0.4, -0.2) is 46.2 Å². The fourth-order valence-corrected chi connectivity index (χ4v) is 4.16.